The maximum Gasteiger partial charge on any atom is 0.217 e. The van der Waals surface area contributed by atoms with Crippen LogP contribution in [0, 0.1) is 0 Å². The van der Waals surface area contributed by atoms with E-state index >= 15 is 0 Å². The minimum Gasteiger partial charge on any atom is -0.388 e. The van der Waals surface area contributed by atoms with Crippen LogP contribution < -0.4 is 5.32 Å². The Kier molecular flexibility index (Phi) is 7.41. The van der Waals surface area contributed by atoms with E-state index in [0.717, 1.165) is 16.7 Å². The molecule has 7 nitrogen and oxygen atoms in total. The fourth-order valence-corrected chi connectivity index (χ4v) is 4.45. The fourth-order valence-electron chi connectivity index (χ4n) is 4.45. The Balaban J connectivity index is 1.71. The highest BCUT2D eigenvalue weighted by atomic mass is 16.6. The zero-order chi connectivity index (χ0) is 24.1. The maximum atomic E-state index is 11.4. The molecule has 3 aromatic carbocycles. The lowest BCUT2D eigenvalue weighted by atomic mass is 9.80. The van der Waals surface area contributed by atoms with E-state index in [0.29, 0.717) is 0 Å². The van der Waals surface area contributed by atoms with Gasteiger partial charge in [-0.2, -0.15) is 0 Å². The lowest BCUT2D eigenvalue weighted by molar-refractivity contribution is -0.261. The Morgan fingerprint density at radius 3 is 1.68 bits per heavy atom. The molecule has 1 heterocycles. The van der Waals surface area contributed by atoms with Crippen molar-refractivity contribution < 1.29 is 29.6 Å². The second-order valence-electron chi connectivity index (χ2n) is 8.36. The van der Waals surface area contributed by atoms with Gasteiger partial charge >= 0.3 is 0 Å². The predicted octanol–water partition coefficient (Wildman–Crippen LogP) is 1.94. The summed E-state index contributed by atoms with van der Waals surface area (Å²) >= 11 is 0. The molecule has 1 aliphatic heterocycles. The number of hydrogen-bond donors (Lipinski definition) is 4. The first-order chi connectivity index (χ1) is 16.4. The molecule has 7 heteroatoms. The molecule has 0 bridgehead atoms. The molecule has 34 heavy (non-hydrogen) atoms. The summed E-state index contributed by atoms with van der Waals surface area (Å²) in [5, 5.41) is 34.1. The lowest BCUT2D eigenvalue weighted by Crippen LogP contribution is -2.64. The molecule has 1 amide bonds. The molecule has 4 rings (SSSR count). The number of hydrogen-bond acceptors (Lipinski definition) is 6. The van der Waals surface area contributed by atoms with Crippen LogP contribution in [0.3, 0.4) is 0 Å². The van der Waals surface area contributed by atoms with Crippen molar-refractivity contribution in [1.29, 1.82) is 0 Å². The van der Waals surface area contributed by atoms with Gasteiger partial charge in [-0.05, 0) is 16.7 Å². The third-order valence-corrected chi connectivity index (χ3v) is 6.10. The van der Waals surface area contributed by atoms with Gasteiger partial charge in [0.1, 0.15) is 30.0 Å². The smallest absolute Gasteiger partial charge is 0.217 e. The summed E-state index contributed by atoms with van der Waals surface area (Å²) in [6.07, 6.45) is -5.36. The molecule has 0 radical (unpaired) electrons. The minimum absolute atomic E-state index is 0.138. The van der Waals surface area contributed by atoms with Crippen molar-refractivity contribution in [2.24, 2.45) is 0 Å². The van der Waals surface area contributed by atoms with Crippen molar-refractivity contribution in [2.45, 2.75) is 43.2 Å². The van der Waals surface area contributed by atoms with E-state index in [1.807, 2.05) is 91.0 Å². The van der Waals surface area contributed by atoms with Gasteiger partial charge < -0.3 is 30.1 Å². The summed E-state index contributed by atoms with van der Waals surface area (Å²) < 4.78 is 12.2. The monoisotopic (exact) mass is 463 g/mol. The first-order valence-electron chi connectivity index (χ1n) is 11.2. The van der Waals surface area contributed by atoms with Crippen LogP contribution in [0.15, 0.2) is 91.0 Å². The van der Waals surface area contributed by atoms with E-state index in [9.17, 15) is 20.1 Å². The predicted molar refractivity (Wildman–Crippen MR) is 126 cm³/mol. The van der Waals surface area contributed by atoms with Crippen LogP contribution in [0.2, 0.25) is 0 Å². The van der Waals surface area contributed by atoms with E-state index in [-0.39, 0.29) is 6.61 Å². The van der Waals surface area contributed by atoms with E-state index in [1.54, 1.807) is 0 Å². The maximum absolute atomic E-state index is 11.4. The van der Waals surface area contributed by atoms with E-state index in [4.69, 9.17) is 9.47 Å². The van der Waals surface area contributed by atoms with Crippen molar-refractivity contribution in [3.8, 4) is 0 Å². The van der Waals surface area contributed by atoms with Crippen molar-refractivity contribution in [3.05, 3.63) is 108 Å². The molecule has 0 saturated carbocycles. The van der Waals surface area contributed by atoms with Crippen LogP contribution in [-0.4, -0.2) is 58.5 Å². The molecule has 1 fully saturated rings. The number of benzene rings is 3. The largest absolute Gasteiger partial charge is 0.388 e. The summed E-state index contributed by atoms with van der Waals surface area (Å²) in [5.41, 5.74) is 1.57. The third-order valence-electron chi connectivity index (χ3n) is 6.10. The quantitative estimate of drug-likeness (QED) is 0.399. The third kappa shape index (κ3) is 4.75. The number of rotatable bonds is 7. The first-order valence-corrected chi connectivity index (χ1v) is 11.2. The van der Waals surface area contributed by atoms with Crippen molar-refractivity contribution in [1.82, 2.24) is 5.32 Å². The zero-order valence-corrected chi connectivity index (χ0v) is 18.8. The average molecular weight is 464 g/mol. The van der Waals surface area contributed by atoms with Gasteiger partial charge in [0.25, 0.3) is 0 Å². The van der Waals surface area contributed by atoms with Gasteiger partial charge in [0.15, 0.2) is 6.29 Å². The van der Waals surface area contributed by atoms with Gasteiger partial charge in [-0.25, -0.2) is 0 Å². The van der Waals surface area contributed by atoms with Crippen LogP contribution in [0.25, 0.3) is 0 Å². The number of carbonyl (C=O) groups excluding carboxylic acids is 1. The molecule has 0 aromatic heterocycles. The number of aliphatic hydroxyl groups is 3. The summed E-state index contributed by atoms with van der Waals surface area (Å²) in [5.74, 6) is -0.454. The van der Waals surface area contributed by atoms with E-state index < -0.39 is 42.2 Å². The highest BCUT2D eigenvalue weighted by Gasteiger charge is 2.46. The molecule has 0 spiro atoms. The molecule has 1 saturated heterocycles. The zero-order valence-electron chi connectivity index (χ0n) is 18.8. The Bertz CT molecular complexity index is 966. The number of carbonyl (C=O) groups is 1. The molecular weight excluding hydrogens is 434 g/mol. The molecule has 0 aliphatic carbocycles. The Hall–Kier alpha value is -3.07. The van der Waals surface area contributed by atoms with Crippen LogP contribution in [0.1, 0.15) is 23.6 Å². The summed E-state index contributed by atoms with van der Waals surface area (Å²) in [6.45, 7) is 1.12. The number of nitrogens with one attached hydrogen (secondary N) is 1. The Labute approximate surface area is 198 Å². The van der Waals surface area contributed by atoms with Gasteiger partial charge in [0.2, 0.25) is 5.91 Å². The van der Waals surface area contributed by atoms with Crippen molar-refractivity contribution in [2.75, 3.05) is 6.61 Å². The summed E-state index contributed by atoms with van der Waals surface area (Å²) in [6, 6.07) is 28.0. The Morgan fingerprint density at radius 2 is 1.26 bits per heavy atom. The highest BCUT2D eigenvalue weighted by molar-refractivity contribution is 5.73. The van der Waals surface area contributed by atoms with Gasteiger partial charge in [-0.1, -0.05) is 91.0 Å². The lowest BCUT2D eigenvalue weighted by Gasteiger charge is -2.43. The average Bonchev–Trinajstić information content (AvgIpc) is 2.87. The number of aliphatic hydroxyl groups excluding tert-OH is 3. The molecular formula is C27H29NO6. The topological polar surface area (TPSA) is 108 Å². The van der Waals surface area contributed by atoms with Crippen molar-refractivity contribution >= 4 is 5.91 Å². The van der Waals surface area contributed by atoms with Gasteiger partial charge in [-0.15, -0.1) is 0 Å². The van der Waals surface area contributed by atoms with Crippen LogP contribution >= 0.6 is 0 Å². The normalized spacial score (nSPS) is 25.0. The van der Waals surface area contributed by atoms with Crippen LogP contribution in [-0.2, 0) is 19.9 Å². The summed E-state index contributed by atoms with van der Waals surface area (Å²) in [4.78, 5) is 11.4. The molecule has 178 valence electrons. The molecule has 0 unspecified atom stereocenters. The second kappa shape index (κ2) is 10.5. The van der Waals surface area contributed by atoms with E-state index in [1.165, 1.54) is 6.92 Å². The second-order valence-corrected chi connectivity index (χ2v) is 8.36. The first kappa shape index (κ1) is 24.1. The van der Waals surface area contributed by atoms with Crippen LogP contribution in [0.4, 0.5) is 0 Å². The van der Waals surface area contributed by atoms with Gasteiger partial charge in [-0.3, -0.25) is 4.79 Å². The SMILES string of the molecule is CC(=O)N[C@H]1[C@H](O)[C@H](O)[C@@H](COC(c2ccccc2)(c2ccccc2)c2ccccc2)O[C@H]1O. The molecule has 3 aromatic rings. The van der Waals surface area contributed by atoms with Gasteiger partial charge in [0, 0.05) is 6.92 Å². The standard InChI is InChI=1S/C27H29NO6/c1-18(29)28-23-25(31)24(30)22(34-26(23)32)17-33-27(19-11-5-2-6-12-19,20-13-7-3-8-14-20)21-15-9-4-10-16-21/h2-16,22-26,30-32H,17H2,1H3,(H,28,29)/t22-,23+,24-,25+,26-/m1/s1. The van der Waals surface area contributed by atoms with Gasteiger partial charge in [0.05, 0.1) is 6.61 Å². The Morgan fingerprint density at radius 1 is 0.824 bits per heavy atom. The van der Waals surface area contributed by atoms with E-state index in [2.05, 4.69) is 5.32 Å². The number of amides is 1. The number of ether oxygens (including phenoxy) is 2. The molecule has 1 aliphatic rings. The van der Waals surface area contributed by atoms with Crippen molar-refractivity contribution in [3.63, 3.8) is 0 Å². The van der Waals surface area contributed by atoms with Crippen LogP contribution in [0.5, 0.6) is 0 Å². The molecule has 4 N–H and O–H groups in total. The fraction of sp³-hybridized carbons (Fsp3) is 0.296. The molecule has 5 atom stereocenters. The minimum atomic E-state index is -1.50. The highest BCUT2D eigenvalue weighted by Crippen LogP contribution is 2.41. The summed E-state index contributed by atoms with van der Waals surface area (Å²) in [7, 11) is 0.